The van der Waals surface area contributed by atoms with E-state index in [1.807, 2.05) is 13.2 Å². The van der Waals surface area contributed by atoms with E-state index in [9.17, 15) is 0 Å². The van der Waals surface area contributed by atoms with Gasteiger partial charge in [-0.05, 0) is 31.5 Å². The van der Waals surface area contributed by atoms with Gasteiger partial charge in [0.2, 0.25) is 0 Å². The molecule has 0 unspecified atom stereocenters. The molecule has 2 aliphatic heterocycles. The fourth-order valence-electron chi connectivity index (χ4n) is 4.00. The second-order valence-corrected chi connectivity index (χ2v) is 7.86. The van der Waals surface area contributed by atoms with Gasteiger partial charge in [-0.25, -0.2) is 0 Å². The summed E-state index contributed by atoms with van der Waals surface area (Å²) in [5.74, 6) is 0. The number of ether oxygens (including phenoxy) is 1. The Bertz CT molecular complexity index is 833. The molecule has 0 radical (unpaired) electrons. The maximum absolute atomic E-state index is 7.77. The zero-order chi connectivity index (χ0) is 19.0. The first-order valence-electron chi connectivity index (χ1n) is 9.47. The topological polar surface area (TPSA) is 69.4 Å². The molecule has 2 fully saturated rings. The lowest BCUT2D eigenvalue weighted by Crippen LogP contribution is -2.64. The van der Waals surface area contributed by atoms with Crippen LogP contribution in [0.1, 0.15) is 18.1 Å². The largest absolute Gasteiger partial charge is 0.377 e. The molecule has 1 aromatic carbocycles. The molecule has 3 heterocycles. The van der Waals surface area contributed by atoms with E-state index in [-0.39, 0.29) is 5.54 Å². The highest BCUT2D eigenvalue weighted by Crippen LogP contribution is 2.32. The smallest absolute Gasteiger partial charge is 0.0770 e. The Morgan fingerprint density at radius 1 is 1.22 bits per heavy atom. The third kappa shape index (κ3) is 3.44. The highest BCUT2D eigenvalue weighted by molar-refractivity contribution is 5.89. The van der Waals surface area contributed by atoms with Gasteiger partial charge in [0.05, 0.1) is 30.6 Å². The van der Waals surface area contributed by atoms with Crippen LogP contribution in [-0.2, 0) is 11.8 Å². The van der Waals surface area contributed by atoms with Crippen LogP contribution in [0.4, 0.5) is 17.1 Å². The highest BCUT2D eigenvalue weighted by Gasteiger charge is 2.40. The Balaban J connectivity index is 1.54. The van der Waals surface area contributed by atoms with Crippen molar-refractivity contribution in [2.24, 2.45) is 7.05 Å². The molecule has 0 spiro atoms. The van der Waals surface area contributed by atoms with Crippen LogP contribution in [0.3, 0.4) is 0 Å². The monoisotopic (exact) mass is 368 g/mol. The van der Waals surface area contributed by atoms with Gasteiger partial charge in [0, 0.05) is 62.6 Å². The molecule has 1 aromatic heterocycles. The van der Waals surface area contributed by atoms with Gasteiger partial charge in [0.1, 0.15) is 0 Å². The second kappa shape index (κ2) is 6.98. The average molecular weight is 368 g/mol. The lowest BCUT2D eigenvalue weighted by Gasteiger charge is -2.50. The molecule has 0 atom stereocenters. The van der Waals surface area contributed by atoms with E-state index >= 15 is 0 Å². The lowest BCUT2D eigenvalue weighted by atomic mass is 9.96. The number of aryl methyl sites for hydroxylation is 2. The van der Waals surface area contributed by atoms with Gasteiger partial charge < -0.3 is 20.4 Å². The average Bonchev–Trinajstić information content (AvgIpc) is 3.06. The number of hydrogen-bond acceptors (Lipinski definition) is 6. The van der Waals surface area contributed by atoms with Gasteiger partial charge in [-0.2, -0.15) is 5.10 Å². The van der Waals surface area contributed by atoms with Gasteiger partial charge in [-0.3, -0.25) is 9.58 Å². The van der Waals surface area contributed by atoms with Crippen LogP contribution in [0.15, 0.2) is 24.5 Å². The third-order valence-electron chi connectivity index (χ3n) is 5.72. The van der Waals surface area contributed by atoms with Crippen molar-refractivity contribution < 1.29 is 4.74 Å². The molecule has 0 amide bonds. The Labute approximate surface area is 160 Å². The van der Waals surface area contributed by atoms with Gasteiger partial charge in [0.25, 0.3) is 0 Å². The Morgan fingerprint density at radius 3 is 2.52 bits per heavy atom. The molecule has 2 aromatic rings. The van der Waals surface area contributed by atoms with Gasteiger partial charge >= 0.3 is 0 Å². The van der Waals surface area contributed by atoms with Gasteiger partial charge in [0.15, 0.2) is 0 Å². The minimum absolute atomic E-state index is 0.220. The minimum Gasteiger partial charge on any atom is -0.377 e. The molecule has 27 heavy (non-hydrogen) atoms. The normalized spacial score (nSPS) is 19.6. The summed E-state index contributed by atoms with van der Waals surface area (Å²) in [6, 6.07) is 4.26. The van der Waals surface area contributed by atoms with Crippen LogP contribution >= 0.6 is 0 Å². The molecule has 2 aliphatic rings. The zero-order valence-corrected chi connectivity index (χ0v) is 16.3. The van der Waals surface area contributed by atoms with Crippen LogP contribution in [-0.4, -0.2) is 65.8 Å². The summed E-state index contributed by atoms with van der Waals surface area (Å²) >= 11 is 0. The Morgan fingerprint density at radius 2 is 1.96 bits per heavy atom. The summed E-state index contributed by atoms with van der Waals surface area (Å²) in [7, 11) is 1.90. The van der Waals surface area contributed by atoms with Gasteiger partial charge in [-0.15, -0.1) is 0 Å². The van der Waals surface area contributed by atoms with Crippen molar-refractivity contribution in [1.82, 2.24) is 14.7 Å². The number of piperazine rings is 1. The van der Waals surface area contributed by atoms with Crippen LogP contribution < -0.4 is 10.2 Å². The first-order chi connectivity index (χ1) is 13.0. The molecule has 144 valence electrons. The summed E-state index contributed by atoms with van der Waals surface area (Å²) in [4.78, 5) is 5.01. The summed E-state index contributed by atoms with van der Waals surface area (Å²) in [6.07, 6.45) is 5.14. The zero-order valence-electron chi connectivity index (χ0n) is 16.3. The van der Waals surface area contributed by atoms with Crippen LogP contribution in [0, 0.1) is 12.3 Å². The number of anilines is 3. The van der Waals surface area contributed by atoms with Crippen molar-refractivity contribution in [3.8, 4) is 0 Å². The van der Waals surface area contributed by atoms with E-state index in [4.69, 9.17) is 10.1 Å². The molecule has 7 heteroatoms. The van der Waals surface area contributed by atoms with E-state index in [1.54, 1.807) is 10.9 Å². The molecule has 2 N–H and O–H groups in total. The minimum atomic E-state index is 0.220. The molecule has 0 saturated carbocycles. The van der Waals surface area contributed by atoms with E-state index in [0.717, 1.165) is 56.3 Å². The maximum atomic E-state index is 7.77. The Hall–Kier alpha value is -2.38. The number of rotatable bonds is 5. The molecule has 7 nitrogen and oxygen atoms in total. The van der Waals surface area contributed by atoms with Crippen molar-refractivity contribution >= 4 is 23.3 Å². The summed E-state index contributed by atoms with van der Waals surface area (Å²) < 4.78 is 7.20. The molecule has 4 rings (SSSR count). The van der Waals surface area contributed by atoms with Crippen molar-refractivity contribution in [2.45, 2.75) is 19.4 Å². The summed E-state index contributed by atoms with van der Waals surface area (Å²) in [6.45, 7) is 10.2. The van der Waals surface area contributed by atoms with E-state index in [0.29, 0.717) is 0 Å². The number of hydrogen-bond donors (Lipinski definition) is 2. The number of benzene rings is 1. The molecule has 0 aliphatic carbocycles. The SMILES string of the molecule is Cc1cc(C=N)c(Nc2cnn(C)c2)cc1N1CCN(C2(C)COC2)CC1. The van der Waals surface area contributed by atoms with E-state index in [1.165, 1.54) is 17.5 Å². The number of nitrogens with zero attached hydrogens (tertiary/aromatic N) is 4. The standard InChI is InChI=1S/C20H28N6O/c1-15-8-16(10-21)18(23-17-11-22-24(3)12-17)9-19(15)25-4-6-26(7-5-25)20(2)13-27-14-20/h8-12,21,23H,4-7,13-14H2,1-3H3. The predicted molar refractivity (Wildman–Crippen MR) is 109 cm³/mol. The maximum Gasteiger partial charge on any atom is 0.0770 e. The van der Waals surface area contributed by atoms with Crippen molar-refractivity contribution in [1.29, 1.82) is 5.41 Å². The Kier molecular flexibility index (Phi) is 4.65. The van der Waals surface area contributed by atoms with Crippen LogP contribution in [0.25, 0.3) is 0 Å². The van der Waals surface area contributed by atoms with Crippen molar-refractivity contribution in [2.75, 3.05) is 49.6 Å². The quantitative estimate of drug-likeness (QED) is 0.793. The molecule has 2 saturated heterocycles. The number of aromatic nitrogens is 2. The highest BCUT2D eigenvalue weighted by atomic mass is 16.5. The first kappa shape index (κ1) is 18.0. The van der Waals surface area contributed by atoms with Crippen molar-refractivity contribution in [3.05, 3.63) is 35.7 Å². The number of nitrogens with one attached hydrogen (secondary N) is 2. The van der Waals surface area contributed by atoms with Gasteiger partial charge in [-0.1, -0.05) is 0 Å². The van der Waals surface area contributed by atoms with Crippen molar-refractivity contribution in [3.63, 3.8) is 0 Å². The second-order valence-electron chi connectivity index (χ2n) is 7.86. The first-order valence-corrected chi connectivity index (χ1v) is 9.47. The van der Waals surface area contributed by atoms with E-state index < -0.39 is 0 Å². The third-order valence-corrected chi connectivity index (χ3v) is 5.72. The van der Waals surface area contributed by atoms with Crippen LogP contribution in [0.2, 0.25) is 0 Å². The summed E-state index contributed by atoms with van der Waals surface area (Å²) in [5.41, 5.74) is 5.42. The molecule has 0 bridgehead atoms. The molecular formula is C20H28N6O. The lowest BCUT2D eigenvalue weighted by molar-refractivity contribution is -0.131. The molecular weight excluding hydrogens is 340 g/mol. The van der Waals surface area contributed by atoms with E-state index in [2.05, 4.69) is 46.2 Å². The fourth-order valence-corrected chi connectivity index (χ4v) is 4.00. The summed E-state index contributed by atoms with van der Waals surface area (Å²) in [5, 5.41) is 15.4. The predicted octanol–water partition coefficient (Wildman–Crippen LogP) is 2.38. The fraction of sp³-hybridized carbons (Fsp3) is 0.500. The van der Waals surface area contributed by atoms with Crippen LogP contribution in [0.5, 0.6) is 0 Å².